The maximum atomic E-state index is 14.0. The zero-order valence-corrected chi connectivity index (χ0v) is 32.6. The highest BCUT2D eigenvalue weighted by atomic mass is 16.5. The van der Waals surface area contributed by atoms with Crippen LogP contribution in [0.15, 0.2) is 54.7 Å². The van der Waals surface area contributed by atoms with Crippen molar-refractivity contribution in [2.45, 2.75) is 77.5 Å². The molecule has 2 fully saturated rings. The van der Waals surface area contributed by atoms with Gasteiger partial charge < -0.3 is 39.9 Å². The largest absolute Gasteiger partial charge is 0.453 e. The highest BCUT2D eigenvalue weighted by Gasteiger charge is 2.39. The van der Waals surface area contributed by atoms with Crippen molar-refractivity contribution in [2.24, 2.45) is 11.8 Å². The Morgan fingerprint density at radius 2 is 1.21 bits per heavy atom. The standard InChI is InChI=1S/C42H49N7O7/c1-22(2)35(46-41(53)55-5)39(51)48-17-7-9-33(48)31-16-15-30(44-31)24-11-13-26-27-14-12-25(20-29(27)37(50)28(26)19-24)32-21-43-38(45-32)34-10-8-18-49(34)40(52)36(23(3)4)47-42(54)56-6/h11-16,19-23,33-36,44H,7-10,17-18H2,1-6H3,(H,43,45)(H,46,53)(H,47,54). The van der Waals surface area contributed by atoms with Gasteiger partial charge in [0, 0.05) is 41.2 Å². The summed E-state index contributed by atoms with van der Waals surface area (Å²) >= 11 is 0. The van der Waals surface area contributed by atoms with Gasteiger partial charge in [0.1, 0.15) is 17.9 Å². The first-order valence-electron chi connectivity index (χ1n) is 19.3. The molecule has 4 heterocycles. The second-order valence-electron chi connectivity index (χ2n) is 15.5. The van der Waals surface area contributed by atoms with Gasteiger partial charge in [-0.3, -0.25) is 14.4 Å². The van der Waals surface area contributed by atoms with E-state index in [4.69, 9.17) is 9.47 Å². The Kier molecular flexibility index (Phi) is 10.7. The molecule has 0 bridgehead atoms. The molecule has 294 valence electrons. The highest BCUT2D eigenvalue weighted by molar-refractivity contribution is 6.22. The van der Waals surface area contributed by atoms with E-state index in [0.29, 0.717) is 30.0 Å². The molecule has 4 aromatic rings. The number of ether oxygens (including phenoxy) is 2. The molecule has 14 nitrogen and oxygen atoms in total. The van der Waals surface area contributed by atoms with E-state index < -0.39 is 24.3 Å². The quantitative estimate of drug-likeness (QED) is 0.127. The summed E-state index contributed by atoms with van der Waals surface area (Å²) in [6, 6.07) is 13.8. The van der Waals surface area contributed by atoms with Crippen LogP contribution in [0.4, 0.5) is 9.59 Å². The highest BCUT2D eigenvalue weighted by Crippen LogP contribution is 2.41. The van der Waals surface area contributed by atoms with Crippen molar-refractivity contribution in [2.75, 3.05) is 27.3 Å². The Labute approximate surface area is 325 Å². The van der Waals surface area contributed by atoms with Crippen LogP contribution in [0.2, 0.25) is 0 Å². The van der Waals surface area contributed by atoms with E-state index in [1.165, 1.54) is 14.2 Å². The number of rotatable bonds is 10. The number of carbonyl (C=O) groups is 5. The van der Waals surface area contributed by atoms with E-state index >= 15 is 0 Å². The monoisotopic (exact) mass is 763 g/mol. The third-order valence-electron chi connectivity index (χ3n) is 11.3. The SMILES string of the molecule is COC(=O)NC(C(=O)N1CCCC1c1ccc(-c2ccc3c(c2)C(=O)c2cc(-c4cnc(C5CCCN5C(=O)C(NC(=O)OC)C(C)C)[nH]4)ccc2-3)[nH]1)C(C)C. The molecule has 4 amide bonds. The van der Waals surface area contributed by atoms with Gasteiger partial charge >= 0.3 is 12.2 Å². The molecule has 2 aromatic carbocycles. The minimum absolute atomic E-state index is 0.0685. The lowest BCUT2D eigenvalue weighted by Crippen LogP contribution is -2.51. The molecule has 0 radical (unpaired) electrons. The van der Waals surface area contributed by atoms with Gasteiger partial charge in [-0.1, -0.05) is 52.0 Å². The molecule has 4 unspecified atom stereocenters. The van der Waals surface area contributed by atoms with Gasteiger partial charge in [-0.2, -0.15) is 0 Å². The number of benzene rings is 2. The second-order valence-corrected chi connectivity index (χ2v) is 15.5. The lowest BCUT2D eigenvalue weighted by molar-refractivity contribution is -0.136. The Morgan fingerprint density at radius 3 is 1.75 bits per heavy atom. The third-order valence-corrected chi connectivity index (χ3v) is 11.3. The van der Waals surface area contributed by atoms with Crippen LogP contribution in [-0.2, 0) is 19.1 Å². The van der Waals surface area contributed by atoms with Crippen molar-refractivity contribution in [1.29, 1.82) is 0 Å². The van der Waals surface area contributed by atoms with Crippen molar-refractivity contribution in [1.82, 2.24) is 35.4 Å². The number of H-pyrrole nitrogens is 2. The number of nitrogens with zero attached hydrogens (tertiary/aromatic N) is 3. The molecule has 7 rings (SSSR count). The second kappa shape index (κ2) is 15.7. The lowest BCUT2D eigenvalue weighted by atomic mass is 10.0. The van der Waals surface area contributed by atoms with Crippen LogP contribution in [-0.4, -0.2) is 93.9 Å². The summed E-state index contributed by atoms with van der Waals surface area (Å²) in [7, 11) is 2.56. The van der Waals surface area contributed by atoms with Gasteiger partial charge in [-0.15, -0.1) is 0 Å². The van der Waals surface area contributed by atoms with E-state index in [-0.39, 0.29) is 41.5 Å². The van der Waals surface area contributed by atoms with Gasteiger partial charge in [0.2, 0.25) is 11.8 Å². The molecule has 0 saturated carbocycles. The van der Waals surface area contributed by atoms with Gasteiger partial charge in [-0.25, -0.2) is 14.6 Å². The van der Waals surface area contributed by atoms with Crippen LogP contribution in [0.5, 0.6) is 0 Å². The van der Waals surface area contributed by atoms with E-state index in [1.54, 1.807) is 11.1 Å². The first kappa shape index (κ1) is 38.4. The Balaban J connectivity index is 1.07. The number of hydrogen-bond acceptors (Lipinski definition) is 8. The molecule has 4 atom stereocenters. The van der Waals surface area contributed by atoms with E-state index in [1.807, 2.05) is 81.1 Å². The van der Waals surface area contributed by atoms with Crippen molar-refractivity contribution in [3.05, 3.63) is 77.4 Å². The predicted molar refractivity (Wildman–Crippen MR) is 208 cm³/mol. The number of amides is 4. The topological polar surface area (TPSA) is 179 Å². The van der Waals surface area contributed by atoms with Gasteiger partial charge in [-0.05, 0) is 78.5 Å². The minimum Gasteiger partial charge on any atom is -0.453 e. The van der Waals surface area contributed by atoms with Crippen LogP contribution < -0.4 is 10.6 Å². The third kappa shape index (κ3) is 7.15. The Hall–Kier alpha value is -5.92. The molecule has 4 N–H and O–H groups in total. The number of likely N-dealkylation sites (tertiary alicyclic amines) is 2. The van der Waals surface area contributed by atoms with Crippen molar-refractivity contribution in [3.8, 4) is 33.6 Å². The summed E-state index contributed by atoms with van der Waals surface area (Å²) < 4.78 is 9.52. The average Bonchev–Trinajstić information content (AvgIpc) is 4.05. The van der Waals surface area contributed by atoms with Crippen LogP contribution in [0, 0.1) is 11.8 Å². The maximum Gasteiger partial charge on any atom is 0.407 e. The van der Waals surface area contributed by atoms with E-state index in [0.717, 1.165) is 65.0 Å². The summed E-state index contributed by atoms with van der Waals surface area (Å²) in [5.74, 6) is 0.00461. The Morgan fingerprint density at radius 1 is 0.696 bits per heavy atom. The molecule has 0 spiro atoms. The molecule has 2 aliphatic heterocycles. The normalized spacial score (nSPS) is 18.5. The fourth-order valence-electron chi connectivity index (χ4n) is 8.27. The van der Waals surface area contributed by atoms with Crippen LogP contribution in [0.3, 0.4) is 0 Å². The number of carbonyl (C=O) groups excluding carboxylic acids is 5. The number of aromatic nitrogens is 3. The average molecular weight is 764 g/mol. The summed E-state index contributed by atoms with van der Waals surface area (Å²) in [6.07, 6.45) is 3.62. The maximum absolute atomic E-state index is 14.0. The smallest absolute Gasteiger partial charge is 0.407 e. The van der Waals surface area contributed by atoms with Crippen LogP contribution in [0.1, 0.15) is 92.9 Å². The van der Waals surface area contributed by atoms with Crippen molar-refractivity contribution < 1.29 is 33.4 Å². The first-order valence-corrected chi connectivity index (χ1v) is 19.3. The zero-order chi connectivity index (χ0) is 39.8. The summed E-state index contributed by atoms with van der Waals surface area (Å²) in [5, 5.41) is 5.38. The molecule has 56 heavy (non-hydrogen) atoms. The fourth-order valence-corrected chi connectivity index (χ4v) is 8.27. The number of alkyl carbamates (subject to hydrolysis) is 2. The first-order chi connectivity index (χ1) is 26.9. The molecule has 2 aromatic heterocycles. The molecule has 14 heteroatoms. The summed E-state index contributed by atoms with van der Waals surface area (Å²) in [6.45, 7) is 8.69. The fraction of sp³-hybridized carbons (Fsp3) is 0.429. The number of ketones is 1. The molecule has 2 saturated heterocycles. The van der Waals surface area contributed by atoms with Gasteiger partial charge in [0.15, 0.2) is 5.78 Å². The van der Waals surface area contributed by atoms with Crippen molar-refractivity contribution in [3.63, 3.8) is 0 Å². The zero-order valence-electron chi connectivity index (χ0n) is 32.6. The van der Waals surface area contributed by atoms with Gasteiger partial charge in [0.05, 0.1) is 38.2 Å². The van der Waals surface area contributed by atoms with Crippen LogP contribution in [0.25, 0.3) is 33.6 Å². The number of methoxy groups -OCH3 is 2. The summed E-state index contributed by atoms with van der Waals surface area (Å²) in [5.41, 5.74) is 7.07. The number of nitrogens with one attached hydrogen (secondary N) is 4. The number of hydrogen-bond donors (Lipinski definition) is 4. The predicted octanol–water partition coefficient (Wildman–Crippen LogP) is 6.37. The molecular formula is C42H49N7O7. The van der Waals surface area contributed by atoms with Crippen molar-refractivity contribution >= 4 is 29.8 Å². The van der Waals surface area contributed by atoms with Gasteiger partial charge in [0.25, 0.3) is 0 Å². The molecule has 3 aliphatic rings. The molecule has 1 aliphatic carbocycles. The number of imidazole rings is 1. The van der Waals surface area contributed by atoms with E-state index in [9.17, 15) is 24.0 Å². The summed E-state index contributed by atoms with van der Waals surface area (Å²) in [4.78, 5) is 80.4. The van der Waals surface area contributed by atoms with E-state index in [2.05, 4.69) is 25.6 Å². The Bertz CT molecular complexity index is 2020. The number of fused-ring (bicyclic) bond motifs is 3. The minimum atomic E-state index is -0.726. The molecular weight excluding hydrogens is 715 g/mol. The number of aromatic amines is 2. The van der Waals surface area contributed by atoms with Crippen LogP contribution >= 0.6 is 0 Å². The lowest BCUT2D eigenvalue weighted by Gasteiger charge is -2.30.